The van der Waals surface area contributed by atoms with Gasteiger partial charge in [-0.1, -0.05) is 42.0 Å². The van der Waals surface area contributed by atoms with Crippen molar-refractivity contribution in [2.24, 2.45) is 0 Å². The summed E-state index contributed by atoms with van der Waals surface area (Å²) >= 11 is 0. The lowest BCUT2D eigenvalue weighted by Gasteiger charge is -2.16. The number of carbonyl (C=O) groups excluding carboxylic acids is 2. The van der Waals surface area contributed by atoms with Gasteiger partial charge in [0.2, 0.25) is 0 Å². The van der Waals surface area contributed by atoms with Gasteiger partial charge in [0, 0.05) is 11.3 Å². The number of rotatable bonds is 5. The summed E-state index contributed by atoms with van der Waals surface area (Å²) in [6.07, 6.45) is 0. The molecule has 0 spiro atoms. The van der Waals surface area contributed by atoms with Crippen molar-refractivity contribution in [3.8, 4) is 5.75 Å². The smallest absolute Gasteiger partial charge is 0.282 e. The maximum atomic E-state index is 13.6. The standard InChI is InChI=1S/C26H24N2O3/c1-16-9-11-20(12-10-16)28-25(29)23(21-7-5-6-8-22(21)31-4)24(26(28)30)27-19-14-17(2)13-18(3)15-19/h5-15,27H,1-4H3. The van der Waals surface area contributed by atoms with E-state index in [1.54, 1.807) is 31.4 Å². The largest absolute Gasteiger partial charge is 0.496 e. The Labute approximate surface area is 182 Å². The fourth-order valence-corrected chi connectivity index (χ4v) is 3.87. The van der Waals surface area contributed by atoms with Crippen LogP contribution in [-0.4, -0.2) is 18.9 Å². The number of imide groups is 1. The van der Waals surface area contributed by atoms with Crippen LogP contribution in [0.4, 0.5) is 11.4 Å². The van der Waals surface area contributed by atoms with Crippen molar-refractivity contribution in [1.29, 1.82) is 0 Å². The van der Waals surface area contributed by atoms with E-state index in [0.717, 1.165) is 22.4 Å². The maximum absolute atomic E-state index is 13.6. The average molecular weight is 412 g/mol. The summed E-state index contributed by atoms with van der Waals surface area (Å²) in [6.45, 7) is 5.95. The highest BCUT2D eigenvalue weighted by atomic mass is 16.5. The van der Waals surface area contributed by atoms with Crippen molar-refractivity contribution < 1.29 is 14.3 Å². The third kappa shape index (κ3) is 3.82. The maximum Gasteiger partial charge on any atom is 0.282 e. The molecule has 1 N–H and O–H groups in total. The zero-order chi connectivity index (χ0) is 22.1. The minimum atomic E-state index is -0.395. The van der Waals surface area contributed by atoms with Crippen molar-refractivity contribution >= 4 is 28.8 Å². The first-order valence-electron chi connectivity index (χ1n) is 10.1. The lowest BCUT2D eigenvalue weighted by atomic mass is 10.0. The molecule has 156 valence electrons. The normalized spacial score (nSPS) is 13.7. The van der Waals surface area contributed by atoms with Crippen molar-refractivity contribution in [3.63, 3.8) is 0 Å². The molecule has 0 saturated carbocycles. The number of amides is 2. The first-order chi connectivity index (χ1) is 14.9. The number of aryl methyl sites for hydroxylation is 3. The molecule has 0 aliphatic carbocycles. The molecule has 0 atom stereocenters. The van der Waals surface area contributed by atoms with E-state index in [4.69, 9.17) is 4.74 Å². The van der Waals surface area contributed by atoms with E-state index in [-0.39, 0.29) is 11.6 Å². The minimum Gasteiger partial charge on any atom is -0.496 e. The second-order valence-corrected chi connectivity index (χ2v) is 7.73. The minimum absolute atomic E-state index is 0.236. The molecule has 0 saturated heterocycles. The summed E-state index contributed by atoms with van der Waals surface area (Å²) in [6, 6.07) is 20.5. The van der Waals surface area contributed by atoms with Crippen LogP contribution < -0.4 is 15.0 Å². The molecular formula is C26H24N2O3. The van der Waals surface area contributed by atoms with Gasteiger partial charge in [0.25, 0.3) is 11.8 Å². The van der Waals surface area contributed by atoms with Crippen molar-refractivity contribution in [2.75, 3.05) is 17.3 Å². The molecule has 0 unspecified atom stereocenters. The third-order valence-electron chi connectivity index (χ3n) is 5.24. The van der Waals surface area contributed by atoms with Crippen LogP contribution >= 0.6 is 0 Å². The highest BCUT2D eigenvalue weighted by molar-refractivity contribution is 6.46. The van der Waals surface area contributed by atoms with Crippen LogP contribution in [0, 0.1) is 20.8 Å². The molecule has 4 rings (SSSR count). The molecule has 5 nitrogen and oxygen atoms in total. The average Bonchev–Trinajstić information content (AvgIpc) is 2.97. The van der Waals surface area contributed by atoms with Gasteiger partial charge in [0.05, 0.1) is 18.4 Å². The van der Waals surface area contributed by atoms with Crippen LogP contribution in [0.25, 0.3) is 5.57 Å². The molecule has 5 heteroatoms. The monoisotopic (exact) mass is 412 g/mol. The quantitative estimate of drug-likeness (QED) is 0.598. The number of ether oxygens (including phenoxy) is 1. The number of carbonyl (C=O) groups is 2. The van der Waals surface area contributed by atoms with E-state index in [2.05, 4.69) is 11.4 Å². The predicted octanol–water partition coefficient (Wildman–Crippen LogP) is 5.02. The highest BCUT2D eigenvalue weighted by Crippen LogP contribution is 2.37. The molecule has 31 heavy (non-hydrogen) atoms. The molecule has 1 heterocycles. The van der Waals surface area contributed by atoms with E-state index in [1.807, 2.05) is 57.2 Å². The van der Waals surface area contributed by atoms with Gasteiger partial charge >= 0.3 is 0 Å². The summed E-state index contributed by atoms with van der Waals surface area (Å²) in [5.41, 5.74) is 5.57. The van der Waals surface area contributed by atoms with Crippen molar-refractivity contribution in [3.05, 3.63) is 94.7 Å². The van der Waals surface area contributed by atoms with Crippen LogP contribution in [0.1, 0.15) is 22.3 Å². The van der Waals surface area contributed by atoms with Gasteiger partial charge < -0.3 is 10.1 Å². The van der Waals surface area contributed by atoms with Gasteiger partial charge in [-0.25, -0.2) is 4.90 Å². The Morgan fingerprint density at radius 1 is 0.774 bits per heavy atom. The van der Waals surface area contributed by atoms with Gasteiger partial charge in [0.15, 0.2) is 0 Å². The Morgan fingerprint density at radius 2 is 1.42 bits per heavy atom. The SMILES string of the molecule is COc1ccccc1C1=C(Nc2cc(C)cc(C)c2)C(=O)N(c2ccc(C)cc2)C1=O. The lowest BCUT2D eigenvalue weighted by molar-refractivity contribution is -0.120. The van der Waals surface area contributed by atoms with Gasteiger partial charge in [-0.15, -0.1) is 0 Å². The topological polar surface area (TPSA) is 58.6 Å². The molecule has 0 fully saturated rings. The van der Waals surface area contributed by atoms with Gasteiger partial charge in [-0.2, -0.15) is 0 Å². The molecule has 3 aromatic carbocycles. The molecule has 0 radical (unpaired) electrons. The third-order valence-corrected chi connectivity index (χ3v) is 5.24. The lowest BCUT2D eigenvalue weighted by Crippen LogP contribution is -2.32. The number of anilines is 2. The Kier molecular flexibility index (Phi) is 5.34. The van der Waals surface area contributed by atoms with E-state index >= 15 is 0 Å². The van der Waals surface area contributed by atoms with E-state index in [1.165, 1.54) is 4.90 Å². The second kappa shape index (κ2) is 8.11. The number of hydrogen-bond acceptors (Lipinski definition) is 4. The number of para-hydroxylation sites is 1. The van der Waals surface area contributed by atoms with Crippen LogP contribution in [0.15, 0.2) is 72.4 Å². The van der Waals surface area contributed by atoms with E-state index < -0.39 is 5.91 Å². The number of hydrogen-bond donors (Lipinski definition) is 1. The number of benzene rings is 3. The molecule has 0 aromatic heterocycles. The number of methoxy groups -OCH3 is 1. The summed E-state index contributed by atoms with van der Waals surface area (Å²) in [5, 5.41) is 3.23. The molecule has 2 amide bonds. The Balaban J connectivity index is 1.87. The Bertz CT molecular complexity index is 1190. The summed E-state index contributed by atoms with van der Waals surface area (Å²) in [4.78, 5) is 28.3. The van der Waals surface area contributed by atoms with Gasteiger partial charge in [-0.3, -0.25) is 9.59 Å². The summed E-state index contributed by atoms with van der Waals surface area (Å²) < 4.78 is 5.49. The molecule has 3 aromatic rings. The molecule has 1 aliphatic rings. The van der Waals surface area contributed by atoms with Crippen LogP contribution in [0.5, 0.6) is 5.75 Å². The van der Waals surface area contributed by atoms with Gasteiger partial charge in [-0.05, 0) is 62.2 Å². The molecule has 0 bridgehead atoms. The zero-order valence-electron chi connectivity index (χ0n) is 18.0. The first kappa shape index (κ1) is 20.4. The summed E-state index contributed by atoms with van der Waals surface area (Å²) in [5.74, 6) is -0.247. The van der Waals surface area contributed by atoms with Crippen LogP contribution in [0.3, 0.4) is 0 Å². The highest BCUT2D eigenvalue weighted by Gasteiger charge is 2.41. The number of nitrogens with one attached hydrogen (secondary N) is 1. The first-order valence-corrected chi connectivity index (χ1v) is 10.1. The van der Waals surface area contributed by atoms with E-state index in [0.29, 0.717) is 22.6 Å². The molecular weight excluding hydrogens is 388 g/mol. The fourth-order valence-electron chi connectivity index (χ4n) is 3.87. The van der Waals surface area contributed by atoms with Crippen molar-refractivity contribution in [2.45, 2.75) is 20.8 Å². The van der Waals surface area contributed by atoms with Crippen LogP contribution in [-0.2, 0) is 9.59 Å². The van der Waals surface area contributed by atoms with E-state index in [9.17, 15) is 9.59 Å². The molecule has 1 aliphatic heterocycles. The second-order valence-electron chi connectivity index (χ2n) is 7.73. The predicted molar refractivity (Wildman–Crippen MR) is 123 cm³/mol. The summed E-state index contributed by atoms with van der Waals surface area (Å²) in [7, 11) is 1.55. The van der Waals surface area contributed by atoms with Gasteiger partial charge in [0.1, 0.15) is 11.4 Å². The Hall–Kier alpha value is -3.86. The fraction of sp³-hybridized carbons (Fsp3) is 0.154. The zero-order valence-corrected chi connectivity index (χ0v) is 18.0. The van der Waals surface area contributed by atoms with Crippen LogP contribution in [0.2, 0.25) is 0 Å². The van der Waals surface area contributed by atoms with Crippen molar-refractivity contribution in [1.82, 2.24) is 0 Å². The number of nitrogens with zero attached hydrogens (tertiary/aromatic N) is 1. The Morgan fingerprint density at radius 3 is 2.06 bits per heavy atom.